The molecular weight excluding hydrogens is 388 g/mol. The highest BCUT2D eigenvalue weighted by atomic mass is 35.5. The van der Waals surface area contributed by atoms with E-state index >= 15 is 0 Å². The molecule has 2 aromatic carbocycles. The standard InChI is InChI=1S/C19H21ClN2O4S/c1-2-26-15-7-10-17(21-12-19(23)22-14-5-6-14)18(11-15)27(24,25)16-8-3-13(20)4-9-16/h3-4,7-11,14,21H,2,5-6,12H2,1H3,(H,22,23). The van der Waals surface area contributed by atoms with Crippen molar-refractivity contribution >= 4 is 33.0 Å². The van der Waals surface area contributed by atoms with Gasteiger partial charge in [-0.15, -0.1) is 0 Å². The van der Waals surface area contributed by atoms with Crippen LogP contribution in [0.1, 0.15) is 19.8 Å². The monoisotopic (exact) mass is 408 g/mol. The molecule has 0 atom stereocenters. The van der Waals surface area contributed by atoms with Gasteiger partial charge < -0.3 is 15.4 Å². The summed E-state index contributed by atoms with van der Waals surface area (Å²) in [6.07, 6.45) is 1.98. The van der Waals surface area contributed by atoms with Crippen molar-refractivity contribution in [3.05, 3.63) is 47.5 Å². The number of rotatable bonds is 8. The minimum Gasteiger partial charge on any atom is -0.494 e. The van der Waals surface area contributed by atoms with Gasteiger partial charge in [0, 0.05) is 17.1 Å². The van der Waals surface area contributed by atoms with Gasteiger partial charge in [0.1, 0.15) is 5.75 Å². The third kappa shape index (κ3) is 4.93. The van der Waals surface area contributed by atoms with Crippen molar-refractivity contribution in [1.82, 2.24) is 5.32 Å². The lowest BCUT2D eigenvalue weighted by Gasteiger charge is -2.15. The van der Waals surface area contributed by atoms with Crippen LogP contribution in [0, 0.1) is 0 Å². The van der Waals surface area contributed by atoms with Gasteiger partial charge in [0.15, 0.2) is 0 Å². The average Bonchev–Trinajstić information content (AvgIpc) is 3.45. The van der Waals surface area contributed by atoms with Gasteiger partial charge >= 0.3 is 0 Å². The zero-order valence-corrected chi connectivity index (χ0v) is 16.4. The van der Waals surface area contributed by atoms with E-state index in [2.05, 4.69) is 10.6 Å². The Morgan fingerprint density at radius 1 is 1.19 bits per heavy atom. The molecule has 0 radical (unpaired) electrons. The number of anilines is 1. The van der Waals surface area contributed by atoms with Crippen LogP contribution >= 0.6 is 11.6 Å². The molecule has 2 aromatic rings. The van der Waals surface area contributed by atoms with Crippen LogP contribution in [-0.2, 0) is 14.6 Å². The van der Waals surface area contributed by atoms with Crippen LogP contribution in [-0.4, -0.2) is 33.5 Å². The maximum atomic E-state index is 13.1. The lowest BCUT2D eigenvalue weighted by Crippen LogP contribution is -2.31. The first-order chi connectivity index (χ1) is 12.9. The molecule has 0 spiro atoms. The van der Waals surface area contributed by atoms with Crippen LogP contribution in [0.15, 0.2) is 52.3 Å². The van der Waals surface area contributed by atoms with E-state index < -0.39 is 9.84 Å². The number of halogens is 1. The lowest BCUT2D eigenvalue weighted by atomic mass is 10.3. The van der Waals surface area contributed by atoms with Crippen LogP contribution in [0.3, 0.4) is 0 Å². The molecule has 1 saturated carbocycles. The number of carbonyl (C=O) groups is 1. The Bertz CT molecular complexity index is 925. The van der Waals surface area contributed by atoms with Crippen molar-refractivity contribution < 1.29 is 17.9 Å². The second kappa shape index (κ2) is 8.19. The molecule has 0 saturated heterocycles. The molecule has 0 aromatic heterocycles. The molecule has 0 aliphatic heterocycles. The molecule has 8 heteroatoms. The Morgan fingerprint density at radius 3 is 2.52 bits per heavy atom. The maximum absolute atomic E-state index is 13.1. The Kier molecular flexibility index (Phi) is 5.92. The maximum Gasteiger partial charge on any atom is 0.239 e. The molecule has 1 amide bonds. The largest absolute Gasteiger partial charge is 0.494 e. The number of benzene rings is 2. The van der Waals surface area contributed by atoms with Crippen LogP contribution in [0.5, 0.6) is 5.75 Å². The van der Waals surface area contributed by atoms with Gasteiger partial charge in [-0.3, -0.25) is 4.79 Å². The zero-order valence-electron chi connectivity index (χ0n) is 14.9. The van der Waals surface area contributed by atoms with Gasteiger partial charge in [0.05, 0.1) is 28.6 Å². The van der Waals surface area contributed by atoms with Crippen molar-refractivity contribution in [2.75, 3.05) is 18.5 Å². The molecule has 2 N–H and O–H groups in total. The van der Waals surface area contributed by atoms with Gasteiger partial charge in [-0.25, -0.2) is 8.42 Å². The smallest absolute Gasteiger partial charge is 0.239 e. The molecule has 0 unspecified atom stereocenters. The summed E-state index contributed by atoms with van der Waals surface area (Å²) in [5.41, 5.74) is 0.347. The highest BCUT2D eigenvalue weighted by Crippen LogP contribution is 2.32. The first kappa shape index (κ1) is 19.5. The number of ether oxygens (including phenoxy) is 1. The van der Waals surface area contributed by atoms with Crippen LogP contribution in [0.2, 0.25) is 5.02 Å². The van der Waals surface area contributed by atoms with E-state index in [9.17, 15) is 13.2 Å². The number of amides is 1. The van der Waals surface area contributed by atoms with Crippen LogP contribution < -0.4 is 15.4 Å². The van der Waals surface area contributed by atoms with Crippen molar-refractivity contribution in [2.45, 2.75) is 35.6 Å². The molecule has 6 nitrogen and oxygen atoms in total. The van der Waals surface area contributed by atoms with Gasteiger partial charge in [-0.2, -0.15) is 0 Å². The second-order valence-corrected chi connectivity index (χ2v) is 8.60. The van der Waals surface area contributed by atoms with E-state index in [1.807, 2.05) is 6.92 Å². The summed E-state index contributed by atoms with van der Waals surface area (Å²) in [5.74, 6) is 0.277. The van der Waals surface area contributed by atoms with Crippen molar-refractivity contribution in [2.24, 2.45) is 0 Å². The van der Waals surface area contributed by atoms with E-state index in [0.29, 0.717) is 23.1 Å². The molecule has 0 bridgehead atoms. The Hall–Kier alpha value is -2.25. The number of hydrogen-bond acceptors (Lipinski definition) is 5. The van der Waals surface area contributed by atoms with Gasteiger partial charge in [-0.1, -0.05) is 11.6 Å². The fraction of sp³-hybridized carbons (Fsp3) is 0.316. The van der Waals surface area contributed by atoms with Crippen molar-refractivity contribution in [3.8, 4) is 5.75 Å². The minimum atomic E-state index is -3.82. The average molecular weight is 409 g/mol. The summed E-state index contributed by atoms with van der Waals surface area (Å²) in [5, 5.41) is 6.24. The summed E-state index contributed by atoms with van der Waals surface area (Å²) in [4.78, 5) is 12.1. The predicted octanol–water partition coefficient (Wildman–Crippen LogP) is 3.26. The highest BCUT2D eigenvalue weighted by Gasteiger charge is 2.25. The predicted molar refractivity (Wildman–Crippen MR) is 104 cm³/mol. The molecule has 0 heterocycles. The number of nitrogens with one attached hydrogen (secondary N) is 2. The molecule has 1 aliphatic rings. The molecule has 1 aliphatic carbocycles. The highest BCUT2D eigenvalue weighted by molar-refractivity contribution is 7.91. The first-order valence-corrected chi connectivity index (χ1v) is 10.6. The summed E-state index contributed by atoms with van der Waals surface area (Å²) < 4.78 is 31.7. The number of carbonyl (C=O) groups excluding carboxylic acids is 1. The fourth-order valence-electron chi connectivity index (χ4n) is 2.55. The molecular formula is C19H21ClN2O4S. The van der Waals surface area contributed by atoms with E-state index in [-0.39, 0.29) is 28.3 Å². The van der Waals surface area contributed by atoms with Crippen molar-refractivity contribution in [1.29, 1.82) is 0 Å². The summed E-state index contributed by atoms with van der Waals surface area (Å²) in [7, 11) is -3.82. The van der Waals surface area contributed by atoms with Gasteiger partial charge in [-0.05, 0) is 56.2 Å². The zero-order chi connectivity index (χ0) is 19.4. The Labute approximate surface area is 163 Å². The van der Waals surface area contributed by atoms with Gasteiger partial charge in [0.25, 0.3) is 0 Å². The second-order valence-electron chi connectivity index (χ2n) is 6.24. The number of hydrogen-bond donors (Lipinski definition) is 2. The number of sulfone groups is 1. The molecule has 1 fully saturated rings. The van der Waals surface area contributed by atoms with E-state index in [4.69, 9.17) is 16.3 Å². The first-order valence-electron chi connectivity index (χ1n) is 8.71. The molecule has 27 heavy (non-hydrogen) atoms. The van der Waals surface area contributed by atoms with E-state index in [0.717, 1.165) is 12.8 Å². The third-order valence-corrected chi connectivity index (χ3v) is 6.12. The third-order valence-electron chi connectivity index (χ3n) is 4.06. The quantitative estimate of drug-likeness (QED) is 0.700. The summed E-state index contributed by atoms with van der Waals surface area (Å²) in [6.45, 7) is 2.23. The van der Waals surface area contributed by atoms with E-state index in [1.165, 1.54) is 30.3 Å². The minimum absolute atomic E-state index is 0.00633. The molecule has 144 valence electrons. The Balaban J connectivity index is 1.90. The normalized spacial score (nSPS) is 13.9. The lowest BCUT2D eigenvalue weighted by molar-refractivity contribution is -0.119. The molecule has 3 rings (SSSR count). The Morgan fingerprint density at radius 2 is 1.89 bits per heavy atom. The van der Waals surface area contributed by atoms with E-state index in [1.54, 1.807) is 12.1 Å². The fourth-order valence-corrected chi connectivity index (χ4v) is 4.13. The summed E-state index contributed by atoms with van der Waals surface area (Å²) in [6, 6.07) is 11.0. The summed E-state index contributed by atoms with van der Waals surface area (Å²) >= 11 is 5.87. The van der Waals surface area contributed by atoms with Crippen LogP contribution in [0.4, 0.5) is 5.69 Å². The topological polar surface area (TPSA) is 84.5 Å². The SMILES string of the molecule is CCOc1ccc(NCC(=O)NC2CC2)c(S(=O)(=O)c2ccc(Cl)cc2)c1. The van der Waals surface area contributed by atoms with Crippen molar-refractivity contribution in [3.63, 3.8) is 0 Å². The van der Waals surface area contributed by atoms with Gasteiger partial charge in [0.2, 0.25) is 15.7 Å². The van der Waals surface area contributed by atoms with Crippen LogP contribution in [0.25, 0.3) is 0 Å².